The number of nitriles is 1. The lowest BCUT2D eigenvalue weighted by molar-refractivity contribution is 0.857. The number of aromatic amines is 1. The van der Waals surface area contributed by atoms with Gasteiger partial charge in [-0.1, -0.05) is 0 Å². The number of hydrogen-bond acceptors (Lipinski definition) is 4. The molecular formula is C14H17N5. The quantitative estimate of drug-likeness (QED) is 0.564. The van der Waals surface area contributed by atoms with Gasteiger partial charge < -0.3 is 11.1 Å². The zero-order valence-electron chi connectivity index (χ0n) is 10.9. The molecule has 0 saturated heterocycles. The van der Waals surface area contributed by atoms with Gasteiger partial charge in [-0.15, -0.1) is 0 Å². The second-order valence-electron chi connectivity index (χ2n) is 4.46. The van der Waals surface area contributed by atoms with Crippen molar-refractivity contribution in [2.24, 2.45) is 0 Å². The SMILES string of the molecule is Cc1[nH]ncc1CCCNc1ccc(C#N)c(N)c1. The minimum Gasteiger partial charge on any atom is -0.398 e. The van der Waals surface area contributed by atoms with Crippen LogP contribution < -0.4 is 11.1 Å². The Morgan fingerprint density at radius 3 is 2.95 bits per heavy atom. The third-order valence-corrected chi connectivity index (χ3v) is 3.06. The first kappa shape index (κ1) is 13.0. The van der Waals surface area contributed by atoms with Crippen LogP contribution in [-0.4, -0.2) is 16.7 Å². The largest absolute Gasteiger partial charge is 0.398 e. The van der Waals surface area contributed by atoms with E-state index in [-0.39, 0.29) is 0 Å². The number of nitrogens with zero attached hydrogens (tertiary/aromatic N) is 2. The Bertz CT molecular complexity index is 594. The zero-order valence-corrected chi connectivity index (χ0v) is 10.9. The highest BCUT2D eigenvalue weighted by atomic mass is 15.1. The van der Waals surface area contributed by atoms with E-state index in [0.29, 0.717) is 11.3 Å². The predicted molar refractivity (Wildman–Crippen MR) is 75.7 cm³/mol. The molecule has 0 saturated carbocycles. The van der Waals surface area contributed by atoms with Gasteiger partial charge in [-0.3, -0.25) is 5.10 Å². The van der Waals surface area contributed by atoms with Crippen molar-refractivity contribution in [2.45, 2.75) is 19.8 Å². The Kier molecular flexibility index (Phi) is 4.04. The Morgan fingerprint density at radius 2 is 2.32 bits per heavy atom. The molecule has 2 aromatic rings. The number of aromatic nitrogens is 2. The van der Waals surface area contributed by atoms with E-state index in [2.05, 4.69) is 21.6 Å². The summed E-state index contributed by atoms with van der Waals surface area (Å²) in [4.78, 5) is 0. The molecule has 0 atom stereocenters. The topological polar surface area (TPSA) is 90.5 Å². The molecule has 98 valence electrons. The molecule has 5 heteroatoms. The van der Waals surface area contributed by atoms with Gasteiger partial charge in [-0.25, -0.2) is 0 Å². The van der Waals surface area contributed by atoms with Crippen LogP contribution in [0.4, 0.5) is 11.4 Å². The van der Waals surface area contributed by atoms with Crippen molar-refractivity contribution in [1.29, 1.82) is 5.26 Å². The average molecular weight is 255 g/mol. The molecule has 1 aromatic heterocycles. The monoisotopic (exact) mass is 255 g/mol. The Morgan fingerprint density at radius 1 is 1.47 bits per heavy atom. The van der Waals surface area contributed by atoms with E-state index in [1.54, 1.807) is 12.1 Å². The van der Waals surface area contributed by atoms with Gasteiger partial charge >= 0.3 is 0 Å². The molecule has 0 aliphatic rings. The summed E-state index contributed by atoms with van der Waals surface area (Å²) in [7, 11) is 0. The molecule has 0 fully saturated rings. The standard InChI is InChI=1S/C14H17N5/c1-10-12(9-18-19-10)3-2-6-17-13-5-4-11(8-15)14(16)7-13/h4-5,7,9,17H,2-3,6,16H2,1H3,(H,18,19). The Labute approximate surface area is 112 Å². The first-order valence-electron chi connectivity index (χ1n) is 6.23. The maximum atomic E-state index is 8.80. The van der Waals surface area contributed by atoms with Crippen LogP contribution in [0.5, 0.6) is 0 Å². The van der Waals surface area contributed by atoms with Gasteiger partial charge in [0.05, 0.1) is 17.4 Å². The molecule has 1 aromatic carbocycles. The molecule has 4 N–H and O–H groups in total. The second-order valence-corrected chi connectivity index (χ2v) is 4.46. The van der Waals surface area contributed by atoms with E-state index in [0.717, 1.165) is 30.8 Å². The van der Waals surface area contributed by atoms with Gasteiger partial charge in [0.2, 0.25) is 0 Å². The fraction of sp³-hybridized carbons (Fsp3) is 0.286. The van der Waals surface area contributed by atoms with Gasteiger partial charge in [0.1, 0.15) is 6.07 Å². The number of H-pyrrole nitrogens is 1. The van der Waals surface area contributed by atoms with Crippen LogP contribution in [-0.2, 0) is 6.42 Å². The van der Waals surface area contributed by atoms with Crippen molar-refractivity contribution >= 4 is 11.4 Å². The number of benzene rings is 1. The lowest BCUT2D eigenvalue weighted by atomic mass is 10.1. The molecule has 2 rings (SSSR count). The maximum Gasteiger partial charge on any atom is 0.101 e. The van der Waals surface area contributed by atoms with Crippen LogP contribution in [0.2, 0.25) is 0 Å². The van der Waals surface area contributed by atoms with Gasteiger partial charge in [-0.05, 0) is 43.5 Å². The summed E-state index contributed by atoms with van der Waals surface area (Å²) in [5.74, 6) is 0. The molecule has 0 radical (unpaired) electrons. The number of nitrogens with two attached hydrogens (primary N) is 1. The van der Waals surface area contributed by atoms with Crippen LogP contribution in [0, 0.1) is 18.3 Å². The lowest BCUT2D eigenvalue weighted by Gasteiger charge is -2.07. The van der Waals surface area contributed by atoms with E-state index < -0.39 is 0 Å². The van der Waals surface area contributed by atoms with Crippen molar-refractivity contribution < 1.29 is 0 Å². The van der Waals surface area contributed by atoms with Crippen molar-refractivity contribution in [1.82, 2.24) is 10.2 Å². The molecule has 0 unspecified atom stereocenters. The molecule has 19 heavy (non-hydrogen) atoms. The van der Waals surface area contributed by atoms with E-state index >= 15 is 0 Å². The van der Waals surface area contributed by atoms with Crippen LogP contribution in [0.15, 0.2) is 24.4 Å². The van der Waals surface area contributed by atoms with Gasteiger partial charge in [-0.2, -0.15) is 10.4 Å². The number of nitrogens with one attached hydrogen (secondary N) is 2. The van der Waals surface area contributed by atoms with Gasteiger partial charge in [0.25, 0.3) is 0 Å². The summed E-state index contributed by atoms with van der Waals surface area (Å²) < 4.78 is 0. The fourth-order valence-corrected chi connectivity index (χ4v) is 1.91. The first-order chi connectivity index (χ1) is 9.20. The third-order valence-electron chi connectivity index (χ3n) is 3.06. The minimum absolute atomic E-state index is 0.512. The number of hydrogen-bond donors (Lipinski definition) is 3. The van der Waals surface area contributed by atoms with Gasteiger partial charge in [0, 0.05) is 17.9 Å². The Hall–Kier alpha value is -2.48. The molecule has 0 amide bonds. The summed E-state index contributed by atoms with van der Waals surface area (Å²) in [6, 6.07) is 7.45. The fourth-order valence-electron chi connectivity index (χ4n) is 1.91. The minimum atomic E-state index is 0.512. The van der Waals surface area contributed by atoms with Crippen molar-refractivity contribution in [3.63, 3.8) is 0 Å². The number of nitrogen functional groups attached to an aromatic ring is 1. The van der Waals surface area contributed by atoms with Gasteiger partial charge in [0.15, 0.2) is 0 Å². The van der Waals surface area contributed by atoms with E-state index in [1.165, 1.54) is 5.56 Å². The summed E-state index contributed by atoms with van der Waals surface area (Å²) in [5, 5.41) is 19.0. The highest BCUT2D eigenvalue weighted by Gasteiger charge is 2.01. The molecule has 0 aliphatic carbocycles. The third kappa shape index (κ3) is 3.26. The second kappa shape index (κ2) is 5.91. The molecular weight excluding hydrogens is 238 g/mol. The average Bonchev–Trinajstić information content (AvgIpc) is 2.80. The van der Waals surface area contributed by atoms with Crippen LogP contribution in [0.3, 0.4) is 0 Å². The maximum absolute atomic E-state index is 8.80. The summed E-state index contributed by atoms with van der Waals surface area (Å²) >= 11 is 0. The molecule has 0 aliphatic heterocycles. The van der Waals surface area contributed by atoms with Crippen LogP contribution in [0.25, 0.3) is 0 Å². The van der Waals surface area contributed by atoms with Crippen LogP contribution in [0.1, 0.15) is 23.2 Å². The van der Waals surface area contributed by atoms with Crippen molar-refractivity contribution in [3.05, 3.63) is 41.2 Å². The number of anilines is 2. The van der Waals surface area contributed by atoms with E-state index in [4.69, 9.17) is 11.0 Å². The molecule has 0 spiro atoms. The Balaban J connectivity index is 1.82. The van der Waals surface area contributed by atoms with Crippen molar-refractivity contribution in [3.8, 4) is 6.07 Å². The van der Waals surface area contributed by atoms with E-state index in [9.17, 15) is 0 Å². The zero-order chi connectivity index (χ0) is 13.7. The molecule has 5 nitrogen and oxygen atoms in total. The number of rotatable bonds is 5. The summed E-state index contributed by atoms with van der Waals surface area (Å²) in [6.45, 7) is 2.88. The summed E-state index contributed by atoms with van der Waals surface area (Å²) in [6.07, 6.45) is 3.87. The molecule has 0 bridgehead atoms. The predicted octanol–water partition coefficient (Wildman–Crippen LogP) is 2.22. The first-order valence-corrected chi connectivity index (χ1v) is 6.23. The summed E-state index contributed by atoms with van der Waals surface area (Å²) in [5.41, 5.74) is 10.1. The number of aryl methyl sites for hydroxylation is 2. The smallest absolute Gasteiger partial charge is 0.101 e. The lowest BCUT2D eigenvalue weighted by Crippen LogP contribution is -2.04. The highest BCUT2D eigenvalue weighted by molar-refractivity contribution is 5.62. The molecule has 1 heterocycles. The van der Waals surface area contributed by atoms with E-state index in [1.807, 2.05) is 19.2 Å². The van der Waals surface area contributed by atoms with Crippen molar-refractivity contribution in [2.75, 3.05) is 17.6 Å². The van der Waals surface area contributed by atoms with Crippen LogP contribution >= 0.6 is 0 Å². The normalized spacial score (nSPS) is 10.1. The highest BCUT2D eigenvalue weighted by Crippen LogP contribution is 2.17.